The fourth-order valence-corrected chi connectivity index (χ4v) is 2.85. The summed E-state index contributed by atoms with van der Waals surface area (Å²) in [5.41, 5.74) is 2.01. The molecule has 20 heavy (non-hydrogen) atoms. The van der Waals surface area contributed by atoms with Crippen molar-refractivity contribution in [3.8, 4) is 0 Å². The predicted molar refractivity (Wildman–Crippen MR) is 79.4 cm³/mol. The zero-order valence-corrected chi connectivity index (χ0v) is 12.3. The topological polar surface area (TPSA) is 43.8 Å². The van der Waals surface area contributed by atoms with Gasteiger partial charge < -0.3 is 10.0 Å². The molecule has 0 radical (unpaired) electrons. The normalized spacial score (nSPS) is 23.9. The summed E-state index contributed by atoms with van der Waals surface area (Å²) in [7, 11) is 2.06. The number of hydrogen-bond acceptors (Lipinski definition) is 3. The minimum atomic E-state index is -0.789. The largest absolute Gasteiger partial charge is 0.480 e. The molecule has 1 aliphatic heterocycles. The monoisotopic (exact) mass is 274 g/mol. The SMILES string of the molecule is C/C=C1/CN(C(C(=O)O)c2ccccc2)C(C)CN1C. The van der Waals surface area contributed by atoms with Crippen LogP contribution in [0.15, 0.2) is 42.1 Å². The van der Waals surface area contributed by atoms with E-state index in [0.717, 1.165) is 12.1 Å². The van der Waals surface area contributed by atoms with E-state index in [1.807, 2.05) is 37.3 Å². The van der Waals surface area contributed by atoms with Gasteiger partial charge in [-0.15, -0.1) is 0 Å². The van der Waals surface area contributed by atoms with Crippen molar-refractivity contribution in [3.05, 3.63) is 47.7 Å². The van der Waals surface area contributed by atoms with Crippen LogP contribution in [0.2, 0.25) is 0 Å². The molecule has 1 aromatic carbocycles. The lowest BCUT2D eigenvalue weighted by Crippen LogP contribution is -2.52. The van der Waals surface area contributed by atoms with Crippen LogP contribution in [-0.2, 0) is 4.79 Å². The molecule has 0 aliphatic carbocycles. The van der Waals surface area contributed by atoms with Crippen LogP contribution >= 0.6 is 0 Å². The molecule has 0 saturated carbocycles. The molecule has 1 saturated heterocycles. The van der Waals surface area contributed by atoms with Gasteiger partial charge in [0.05, 0.1) is 0 Å². The van der Waals surface area contributed by atoms with Gasteiger partial charge in [0.15, 0.2) is 0 Å². The Morgan fingerprint density at radius 3 is 2.60 bits per heavy atom. The van der Waals surface area contributed by atoms with Crippen molar-refractivity contribution in [1.29, 1.82) is 0 Å². The second-order valence-electron chi connectivity index (χ2n) is 5.33. The van der Waals surface area contributed by atoms with Crippen molar-refractivity contribution in [1.82, 2.24) is 9.80 Å². The van der Waals surface area contributed by atoms with Crippen molar-refractivity contribution < 1.29 is 9.90 Å². The Kier molecular flexibility index (Phi) is 4.45. The first-order valence-electron chi connectivity index (χ1n) is 6.94. The fourth-order valence-electron chi connectivity index (χ4n) is 2.85. The van der Waals surface area contributed by atoms with Crippen LogP contribution in [0.5, 0.6) is 0 Å². The summed E-state index contributed by atoms with van der Waals surface area (Å²) in [6, 6.07) is 9.08. The molecule has 0 spiro atoms. The van der Waals surface area contributed by atoms with Crippen molar-refractivity contribution in [2.75, 3.05) is 20.1 Å². The van der Waals surface area contributed by atoms with Crippen LogP contribution in [0.4, 0.5) is 0 Å². The third-order valence-electron chi connectivity index (χ3n) is 3.95. The number of nitrogens with zero attached hydrogens (tertiary/aromatic N) is 2. The molecule has 1 N–H and O–H groups in total. The minimum Gasteiger partial charge on any atom is -0.480 e. The Bertz CT molecular complexity index is 498. The summed E-state index contributed by atoms with van der Waals surface area (Å²) < 4.78 is 0. The number of carboxylic acids is 1. The molecule has 0 amide bonds. The third-order valence-corrected chi connectivity index (χ3v) is 3.95. The van der Waals surface area contributed by atoms with E-state index >= 15 is 0 Å². The number of rotatable bonds is 3. The number of benzene rings is 1. The van der Waals surface area contributed by atoms with E-state index in [2.05, 4.69) is 29.8 Å². The zero-order valence-electron chi connectivity index (χ0n) is 12.3. The Balaban J connectivity index is 2.32. The van der Waals surface area contributed by atoms with Crippen molar-refractivity contribution in [2.24, 2.45) is 0 Å². The summed E-state index contributed by atoms with van der Waals surface area (Å²) in [6.07, 6.45) is 2.06. The van der Waals surface area contributed by atoms with Gasteiger partial charge in [-0.2, -0.15) is 0 Å². The molecule has 1 heterocycles. The molecule has 2 rings (SSSR count). The first kappa shape index (κ1) is 14.6. The van der Waals surface area contributed by atoms with Crippen molar-refractivity contribution >= 4 is 5.97 Å². The molecule has 0 aromatic heterocycles. The quantitative estimate of drug-likeness (QED) is 0.919. The van der Waals surface area contributed by atoms with E-state index in [1.165, 1.54) is 5.70 Å². The Hall–Kier alpha value is -1.81. The van der Waals surface area contributed by atoms with Crippen LogP contribution in [-0.4, -0.2) is 47.1 Å². The number of allylic oxidation sites excluding steroid dienone is 1. The van der Waals surface area contributed by atoms with Gasteiger partial charge >= 0.3 is 5.97 Å². The summed E-state index contributed by atoms with van der Waals surface area (Å²) in [5, 5.41) is 9.65. The van der Waals surface area contributed by atoms with Gasteiger partial charge in [-0.3, -0.25) is 9.69 Å². The van der Waals surface area contributed by atoms with Crippen LogP contribution in [0.3, 0.4) is 0 Å². The maximum absolute atomic E-state index is 11.7. The predicted octanol–water partition coefficient (Wildman–Crippen LogP) is 2.35. The third kappa shape index (κ3) is 2.85. The molecule has 2 unspecified atom stereocenters. The van der Waals surface area contributed by atoms with Crippen molar-refractivity contribution in [2.45, 2.75) is 25.9 Å². The smallest absolute Gasteiger partial charge is 0.325 e. The van der Waals surface area contributed by atoms with Crippen LogP contribution in [0, 0.1) is 0 Å². The summed E-state index contributed by atoms with van der Waals surface area (Å²) >= 11 is 0. The van der Waals surface area contributed by atoms with Crippen LogP contribution in [0.1, 0.15) is 25.5 Å². The Labute approximate surface area is 120 Å². The minimum absolute atomic E-state index is 0.199. The standard InChI is InChI=1S/C16H22N2O2/c1-4-14-11-18(12(2)10-17(14)3)15(16(19)20)13-8-6-5-7-9-13/h4-9,12,15H,10-11H2,1-3H3,(H,19,20)/b14-4-. The highest BCUT2D eigenvalue weighted by atomic mass is 16.4. The average Bonchev–Trinajstić information content (AvgIpc) is 2.42. The van der Waals surface area contributed by atoms with Gasteiger partial charge in [-0.1, -0.05) is 36.4 Å². The van der Waals surface area contributed by atoms with Gasteiger partial charge in [-0.25, -0.2) is 0 Å². The summed E-state index contributed by atoms with van der Waals surface area (Å²) in [5.74, 6) is -0.789. The molecule has 2 atom stereocenters. The van der Waals surface area contributed by atoms with Gasteiger partial charge in [0.25, 0.3) is 0 Å². The fraction of sp³-hybridized carbons (Fsp3) is 0.438. The molecule has 4 heteroatoms. The lowest BCUT2D eigenvalue weighted by molar-refractivity contribution is -0.145. The summed E-state index contributed by atoms with van der Waals surface area (Å²) in [4.78, 5) is 16.0. The molecule has 1 fully saturated rings. The van der Waals surface area contributed by atoms with Gasteiger partial charge in [0.1, 0.15) is 6.04 Å². The highest BCUT2D eigenvalue weighted by Gasteiger charge is 2.34. The van der Waals surface area contributed by atoms with Crippen LogP contribution < -0.4 is 0 Å². The van der Waals surface area contributed by atoms with E-state index in [0.29, 0.717) is 6.54 Å². The zero-order chi connectivity index (χ0) is 14.7. The molecular weight excluding hydrogens is 252 g/mol. The molecule has 1 aliphatic rings. The maximum Gasteiger partial charge on any atom is 0.325 e. The van der Waals surface area contributed by atoms with Gasteiger partial charge in [-0.05, 0) is 19.4 Å². The molecule has 108 valence electrons. The first-order valence-corrected chi connectivity index (χ1v) is 6.94. The average molecular weight is 274 g/mol. The Morgan fingerprint density at radius 2 is 2.05 bits per heavy atom. The number of carbonyl (C=O) groups is 1. The van der Waals surface area contributed by atoms with Crippen molar-refractivity contribution in [3.63, 3.8) is 0 Å². The Morgan fingerprint density at radius 1 is 1.40 bits per heavy atom. The second-order valence-corrected chi connectivity index (χ2v) is 5.33. The van der Waals surface area contributed by atoms with E-state index in [4.69, 9.17) is 0 Å². The number of hydrogen-bond donors (Lipinski definition) is 1. The highest BCUT2D eigenvalue weighted by molar-refractivity contribution is 5.75. The highest BCUT2D eigenvalue weighted by Crippen LogP contribution is 2.28. The molecule has 0 bridgehead atoms. The number of likely N-dealkylation sites (N-methyl/N-ethyl adjacent to an activating group) is 1. The molecular formula is C16H22N2O2. The molecule has 4 nitrogen and oxygen atoms in total. The summed E-state index contributed by atoms with van der Waals surface area (Å²) in [6.45, 7) is 5.59. The lowest BCUT2D eigenvalue weighted by Gasteiger charge is -2.43. The lowest BCUT2D eigenvalue weighted by atomic mass is 10.0. The van der Waals surface area contributed by atoms with Crippen LogP contribution in [0.25, 0.3) is 0 Å². The first-order chi connectivity index (χ1) is 9.54. The van der Waals surface area contributed by atoms with Gasteiger partial charge in [0.2, 0.25) is 0 Å². The van der Waals surface area contributed by atoms with E-state index in [9.17, 15) is 9.90 Å². The van der Waals surface area contributed by atoms with E-state index < -0.39 is 12.0 Å². The maximum atomic E-state index is 11.7. The second kappa shape index (κ2) is 6.09. The number of aliphatic carboxylic acids is 1. The van der Waals surface area contributed by atoms with E-state index in [1.54, 1.807) is 0 Å². The van der Waals surface area contributed by atoms with Gasteiger partial charge in [0, 0.05) is 31.9 Å². The number of piperazine rings is 1. The van der Waals surface area contributed by atoms with E-state index in [-0.39, 0.29) is 6.04 Å². The molecule has 1 aromatic rings. The number of carboxylic acid groups (broad SMARTS) is 1.